The van der Waals surface area contributed by atoms with Crippen molar-refractivity contribution in [1.82, 2.24) is 0 Å². The van der Waals surface area contributed by atoms with Crippen molar-refractivity contribution >= 4 is 19.8 Å². The third-order valence-corrected chi connectivity index (χ3v) is 11.0. The summed E-state index contributed by atoms with van der Waals surface area (Å²) in [6.07, 6.45) is 65.7. The number of aliphatic carboxylic acids is 1. The number of esters is 1. The molecule has 0 aliphatic carbocycles. The molecule has 0 aromatic carbocycles. The van der Waals surface area contributed by atoms with Gasteiger partial charge in [-0.25, -0.2) is 4.57 Å². The van der Waals surface area contributed by atoms with Gasteiger partial charge >= 0.3 is 19.8 Å². The predicted octanol–water partition coefficient (Wildman–Crippen LogP) is 14.6. The molecule has 0 aromatic rings. The van der Waals surface area contributed by atoms with Gasteiger partial charge in [0.1, 0.15) is 12.1 Å². The van der Waals surface area contributed by atoms with Gasteiger partial charge in [0.25, 0.3) is 0 Å². The predicted molar refractivity (Wildman–Crippen MR) is 272 cm³/mol. The van der Waals surface area contributed by atoms with Gasteiger partial charge in [-0.2, -0.15) is 0 Å². The van der Waals surface area contributed by atoms with Gasteiger partial charge < -0.3 is 25.2 Å². The zero-order chi connectivity index (χ0) is 47.6. The first-order valence-electron chi connectivity index (χ1n) is 24.9. The summed E-state index contributed by atoms with van der Waals surface area (Å²) in [4.78, 5) is 33.7. The van der Waals surface area contributed by atoms with Gasteiger partial charge in [-0.05, 0) is 103 Å². The highest BCUT2D eigenvalue weighted by Gasteiger charge is 2.27. The Morgan fingerprint density at radius 1 is 0.508 bits per heavy atom. The van der Waals surface area contributed by atoms with E-state index < -0.39 is 45.1 Å². The van der Waals surface area contributed by atoms with Crippen molar-refractivity contribution in [3.63, 3.8) is 0 Å². The number of ether oxygens (including phenoxy) is 2. The van der Waals surface area contributed by atoms with E-state index in [4.69, 9.17) is 29.4 Å². The minimum absolute atomic E-state index is 0.00959. The Morgan fingerprint density at radius 2 is 0.892 bits per heavy atom. The van der Waals surface area contributed by atoms with E-state index >= 15 is 0 Å². The zero-order valence-corrected chi connectivity index (χ0v) is 41.4. The molecule has 11 heteroatoms. The van der Waals surface area contributed by atoms with Gasteiger partial charge in [0.15, 0.2) is 0 Å². The fourth-order valence-electron chi connectivity index (χ4n) is 6.20. The molecule has 0 heterocycles. The number of carboxylic acid groups (broad SMARTS) is 1. The van der Waals surface area contributed by atoms with Crippen LogP contribution in [0.25, 0.3) is 0 Å². The van der Waals surface area contributed by atoms with Crippen LogP contribution in [-0.2, 0) is 32.7 Å². The lowest BCUT2D eigenvalue weighted by molar-refractivity contribution is -0.154. The quantitative estimate of drug-likeness (QED) is 0.0233. The van der Waals surface area contributed by atoms with Gasteiger partial charge in [-0.15, -0.1) is 0 Å². The Bertz CT molecular complexity index is 1440. The number of carbonyl (C=O) groups excluding carboxylic acids is 1. The Kier molecular flexibility index (Phi) is 46.0. The summed E-state index contributed by atoms with van der Waals surface area (Å²) < 4.78 is 33.5. The maximum absolute atomic E-state index is 12.7. The maximum atomic E-state index is 12.7. The van der Waals surface area contributed by atoms with Crippen molar-refractivity contribution < 1.29 is 42.7 Å². The molecule has 0 saturated carbocycles. The number of phosphoric ester groups is 1. The number of unbranched alkanes of at least 4 members (excludes halogenated alkanes) is 14. The second-order valence-corrected chi connectivity index (χ2v) is 17.7. The van der Waals surface area contributed by atoms with E-state index in [0.717, 1.165) is 128 Å². The number of phosphoric acid groups is 1. The first kappa shape index (κ1) is 61.6. The van der Waals surface area contributed by atoms with Crippen LogP contribution >= 0.6 is 7.82 Å². The Hall–Kier alpha value is -3.37. The number of carbonyl (C=O) groups is 2. The van der Waals surface area contributed by atoms with E-state index in [1.807, 2.05) is 0 Å². The molecule has 370 valence electrons. The Balaban J connectivity index is 4.27. The van der Waals surface area contributed by atoms with Crippen LogP contribution in [0.1, 0.15) is 181 Å². The third kappa shape index (κ3) is 48.4. The smallest absolute Gasteiger partial charge is 0.472 e. The second kappa shape index (κ2) is 48.6. The standard InChI is InChI=1S/C54H90NO9P/c1-3-5-7-9-11-13-15-17-19-21-23-24-25-26-27-29-31-33-35-37-39-41-43-45-47-61-48-51(49-62-65(59,60)63-50-52(55)54(57)58)64-53(56)46-44-42-40-38-36-34-32-30-28-22-20-18-16-14-12-10-8-6-4-2/h5,7,11-14,17-20,23-24,26-28,30-31,33,51-52H,3-4,6,8-10,15-16,21-22,25,29,32,34-50,55H2,1-2H3,(H,57,58)(H,59,60)/b7-5-,13-11-,14-12-,19-17-,20-18-,24-23-,27-26-,30-28-,33-31-. The zero-order valence-electron chi connectivity index (χ0n) is 40.5. The molecule has 0 aromatic heterocycles. The summed E-state index contributed by atoms with van der Waals surface area (Å²) in [7, 11) is -4.64. The normalized spacial score (nSPS) is 14.6. The lowest BCUT2D eigenvalue weighted by Gasteiger charge is -2.20. The minimum atomic E-state index is -4.64. The number of allylic oxidation sites excluding steroid dienone is 18. The topological polar surface area (TPSA) is 155 Å². The highest BCUT2D eigenvalue weighted by atomic mass is 31.2. The highest BCUT2D eigenvalue weighted by molar-refractivity contribution is 7.47. The van der Waals surface area contributed by atoms with Gasteiger partial charge in [0, 0.05) is 13.0 Å². The van der Waals surface area contributed by atoms with E-state index in [-0.39, 0.29) is 13.0 Å². The monoisotopic (exact) mass is 928 g/mol. The molecule has 0 amide bonds. The molecule has 0 rings (SSSR count). The average Bonchev–Trinajstić information content (AvgIpc) is 3.29. The van der Waals surface area contributed by atoms with Gasteiger partial charge in [-0.3, -0.25) is 18.6 Å². The number of rotatable bonds is 46. The summed E-state index contributed by atoms with van der Waals surface area (Å²) in [6.45, 7) is 3.66. The molecule has 10 nitrogen and oxygen atoms in total. The molecule has 0 saturated heterocycles. The van der Waals surface area contributed by atoms with Crippen molar-refractivity contribution in [3.05, 3.63) is 109 Å². The minimum Gasteiger partial charge on any atom is -0.480 e. The molecule has 4 N–H and O–H groups in total. The van der Waals surface area contributed by atoms with Crippen molar-refractivity contribution in [2.75, 3.05) is 26.4 Å². The van der Waals surface area contributed by atoms with Crippen LogP contribution < -0.4 is 5.73 Å². The maximum Gasteiger partial charge on any atom is 0.472 e. The molecule has 3 unspecified atom stereocenters. The fourth-order valence-corrected chi connectivity index (χ4v) is 6.98. The van der Waals surface area contributed by atoms with Crippen LogP contribution in [0.2, 0.25) is 0 Å². The summed E-state index contributed by atoms with van der Waals surface area (Å²) in [6, 6.07) is -1.49. The molecular weight excluding hydrogens is 838 g/mol. The van der Waals surface area contributed by atoms with Crippen LogP contribution in [0.15, 0.2) is 109 Å². The van der Waals surface area contributed by atoms with Crippen LogP contribution in [0.3, 0.4) is 0 Å². The van der Waals surface area contributed by atoms with Crippen LogP contribution in [0.4, 0.5) is 0 Å². The molecule has 0 bridgehead atoms. The molecule has 65 heavy (non-hydrogen) atoms. The molecule has 0 radical (unpaired) electrons. The van der Waals surface area contributed by atoms with Gasteiger partial charge in [0.2, 0.25) is 0 Å². The average molecular weight is 928 g/mol. The molecule has 0 fully saturated rings. The summed E-state index contributed by atoms with van der Waals surface area (Å²) in [5.41, 5.74) is 5.37. The first-order valence-corrected chi connectivity index (χ1v) is 26.4. The summed E-state index contributed by atoms with van der Waals surface area (Å²) in [5, 5.41) is 8.93. The van der Waals surface area contributed by atoms with Gasteiger partial charge in [0.05, 0.1) is 19.8 Å². The Labute approximate surface area is 395 Å². The SMILES string of the molecule is CC/C=C\C/C=C\C/C=C\C/C=C\C/C=C\C/C=C\CCCCCCCOCC(COP(=O)(O)OCC(N)C(=O)O)OC(=O)CCCCCCCC/C=C\C/C=C\C/C=C\CCCCC. The summed E-state index contributed by atoms with van der Waals surface area (Å²) >= 11 is 0. The second-order valence-electron chi connectivity index (χ2n) is 16.2. The van der Waals surface area contributed by atoms with E-state index in [1.54, 1.807) is 0 Å². The largest absolute Gasteiger partial charge is 0.480 e. The Morgan fingerprint density at radius 3 is 1.34 bits per heavy atom. The third-order valence-electron chi connectivity index (χ3n) is 10.0. The van der Waals surface area contributed by atoms with Crippen molar-refractivity contribution in [2.24, 2.45) is 5.73 Å². The van der Waals surface area contributed by atoms with Gasteiger partial charge in [-0.1, -0.05) is 181 Å². The van der Waals surface area contributed by atoms with E-state index in [9.17, 15) is 19.0 Å². The number of carboxylic acids is 1. The van der Waals surface area contributed by atoms with Crippen molar-refractivity contribution in [1.29, 1.82) is 0 Å². The number of nitrogens with two attached hydrogens (primary N) is 1. The molecule has 3 atom stereocenters. The van der Waals surface area contributed by atoms with E-state index in [1.165, 1.54) is 25.7 Å². The van der Waals surface area contributed by atoms with Crippen LogP contribution in [0.5, 0.6) is 0 Å². The highest BCUT2D eigenvalue weighted by Crippen LogP contribution is 2.43. The molecule has 0 spiro atoms. The van der Waals surface area contributed by atoms with E-state index in [2.05, 4.69) is 123 Å². The van der Waals surface area contributed by atoms with Crippen LogP contribution in [0, 0.1) is 0 Å². The van der Waals surface area contributed by atoms with Crippen LogP contribution in [-0.4, -0.2) is 60.5 Å². The lowest BCUT2D eigenvalue weighted by atomic mass is 10.1. The number of hydrogen-bond donors (Lipinski definition) is 3. The fraction of sp³-hybridized carbons (Fsp3) is 0.630. The lowest BCUT2D eigenvalue weighted by Crippen LogP contribution is -2.34. The molecule has 0 aliphatic rings. The molecule has 0 aliphatic heterocycles. The first-order chi connectivity index (χ1) is 31.7. The van der Waals surface area contributed by atoms with Crippen molar-refractivity contribution in [3.8, 4) is 0 Å². The van der Waals surface area contributed by atoms with E-state index in [0.29, 0.717) is 13.0 Å². The molecular formula is C54H90NO9P. The van der Waals surface area contributed by atoms with Crippen molar-refractivity contribution in [2.45, 2.75) is 193 Å². The number of hydrogen-bond acceptors (Lipinski definition) is 8. The summed E-state index contributed by atoms with van der Waals surface area (Å²) in [5.74, 6) is -1.81.